The van der Waals surface area contributed by atoms with Gasteiger partial charge in [-0.15, -0.1) is 10.2 Å². The van der Waals surface area contributed by atoms with Gasteiger partial charge in [-0.2, -0.15) is 5.11 Å². The van der Waals surface area contributed by atoms with Crippen molar-refractivity contribution in [3.63, 3.8) is 0 Å². The Morgan fingerprint density at radius 3 is 2.62 bits per heavy atom. The topological polar surface area (TPSA) is 90.2 Å². The zero-order chi connectivity index (χ0) is 14.8. The quantitative estimate of drug-likeness (QED) is 0.747. The molecule has 0 saturated carbocycles. The minimum Gasteiger partial charge on any atom is -0.497 e. The first-order valence-corrected chi connectivity index (χ1v) is 6.34. The molecule has 2 aromatic heterocycles. The van der Waals surface area contributed by atoms with Crippen LogP contribution in [0, 0.1) is 6.92 Å². The second-order valence-electron chi connectivity index (χ2n) is 4.47. The third kappa shape index (κ3) is 2.53. The van der Waals surface area contributed by atoms with E-state index in [-0.39, 0.29) is 0 Å². The second kappa shape index (κ2) is 5.20. The van der Waals surface area contributed by atoms with Crippen LogP contribution in [0.25, 0.3) is 5.65 Å². The van der Waals surface area contributed by atoms with Crippen LogP contribution in [-0.4, -0.2) is 21.7 Å². The van der Waals surface area contributed by atoms with E-state index in [2.05, 4.69) is 20.3 Å². The average Bonchev–Trinajstić information content (AvgIpc) is 2.80. The molecule has 21 heavy (non-hydrogen) atoms. The number of fused-ring (bicyclic) bond motifs is 1. The predicted octanol–water partition coefficient (Wildman–Crippen LogP) is 3.04. The summed E-state index contributed by atoms with van der Waals surface area (Å²) in [4.78, 5) is 4.38. The Morgan fingerprint density at radius 1 is 1.14 bits per heavy atom. The molecule has 0 bridgehead atoms. The molecule has 0 saturated heterocycles. The van der Waals surface area contributed by atoms with Gasteiger partial charge in [0.2, 0.25) is 0 Å². The number of anilines is 1. The van der Waals surface area contributed by atoms with Gasteiger partial charge in [0, 0.05) is 11.9 Å². The van der Waals surface area contributed by atoms with Crippen LogP contribution in [0.3, 0.4) is 0 Å². The number of nitrogens with two attached hydrogens (primary N) is 1. The van der Waals surface area contributed by atoms with Gasteiger partial charge in [-0.1, -0.05) is 0 Å². The number of rotatable bonds is 3. The summed E-state index contributed by atoms with van der Waals surface area (Å²) in [5.41, 5.74) is 8.48. The van der Waals surface area contributed by atoms with Crippen LogP contribution < -0.4 is 10.5 Å². The molecule has 0 radical (unpaired) electrons. The molecule has 7 nitrogen and oxygen atoms in total. The number of nitrogen functional groups attached to an aromatic ring is 1. The van der Waals surface area contributed by atoms with Crippen molar-refractivity contribution >= 4 is 22.8 Å². The van der Waals surface area contributed by atoms with E-state index >= 15 is 0 Å². The molecule has 3 aromatic rings. The van der Waals surface area contributed by atoms with E-state index in [0.717, 1.165) is 11.4 Å². The normalized spacial score (nSPS) is 11.3. The van der Waals surface area contributed by atoms with Gasteiger partial charge in [0.1, 0.15) is 5.75 Å². The smallest absolute Gasteiger partial charge is 0.185 e. The predicted molar refractivity (Wildman–Crippen MR) is 79.3 cm³/mol. The van der Waals surface area contributed by atoms with Crippen molar-refractivity contribution in [2.24, 2.45) is 10.2 Å². The number of nitrogens with zero attached hydrogens (tertiary/aromatic N) is 5. The van der Waals surface area contributed by atoms with Crippen molar-refractivity contribution in [3.05, 3.63) is 42.2 Å². The third-order valence-corrected chi connectivity index (χ3v) is 2.96. The van der Waals surface area contributed by atoms with Crippen molar-refractivity contribution in [1.29, 1.82) is 0 Å². The summed E-state index contributed by atoms with van der Waals surface area (Å²) in [7, 11) is 1.62. The molecule has 0 fully saturated rings. The molecule has 0 unspecified atom stereocenters. The molecular weight excluding hydrogens is 268 g/mol. The Kier molecular flexibility index (Phi) is 3.23. The monoisotopic (exact) mass is 282 g/mol. The Morgan fingerprint density at radius 2 is 1.90 bits per heavy atom. The van der Waals surface area contributed by atoms with Gasteiger partial charge in [-0.05, 0) is 37.3 Å². The van der Waals surface area contributed by atoms with E-state index in [9.17, 15) is 0 Å². The van der Waals surface area contributed by atoms with Crippen LogP contribution in [0.4, 0.5) is 17.2 Å². The molecule has 2 N–H and O–H groups in total. The van der Waals surface area contributed by atoms with Crippen LogP contribution in [-0.2, 0) is 0 Å². The molecule has 7 heteroatoms. The summed E-state index contributed by atoms with van der Waals surface area (Å²) in [6.07, 6.45) is 1.79. The van der Waals surface area contributed by atoms with E-state index in [1.54, 1.807) is 17.8 Å². The summed E-state index contributed by atoms with van der Waals surface area (Å²) < 4.78 is 6.68. The first-order valence-electron chi connectivity index (χ1n) is 6.34. The molecule has 0 atom stereocenters. The molecule has 2 heterocycles. The van der Waals surface area contributed by atoms with Gasteiger partial charge in [-0.25, -0.2) is 9.50 Å². The number of benzene rings is 1. The van der Waals surface area contributed by atoms with Crippen LogP contribution in [0.1, 0.15) is 5.69 Å². The SMILES string of the molecule is COc1ccc(N=Nc2c(N)nn3ccc(C)nc23)cc1. The van der Waals surface area contributed by atoms with E-state index in [4.69, 9.17) is 10.5 Å². The molecule has 106 valence electrons. The lowest BCUT2D eigenvalue weighted by Gasteiger charge is -1.98. The summed E-state index contributed by atoms with van der Waals surface area (Å²) in [5.74, 6) is 1.06. The Hall–Kier alpha value is -2.96. The van der Waals surface area contributed by atoms with Gasteiger partial charge in [0.05, 0.1) is 12.8 Å². The molecule has 0 aliphatic rings. The van der Waals surface area contributed by atoms with Crippen LogP contribution in [0.5, 0.6) is 5.75 Å². The van der Waals surface area contributed by atoms with Gasteiger partial charge in [-0.3, -0.25) is 0 Å². The lowest BCUT2D eigenvalue weighted by molar-refractivity contribution is 0.415. The minimum absolute atomic E-state index is 0.297. The summed E-state index contributed by atoms with van der Waals surface area (Å²) in [6.45, 7) is 1.90. The molecule has 3 rings (SSSR count). The van der Waals surface area contributed by atoms with Crippen LogP contribution in [0.2, 0.25) is 0 Å². The highest BCUT2D eigenvalue weighted by Crippen LogP contribution is 2.28. The highest BCUT2D eigenvalue weighted by atomic mass is 16.5. The number of ether oxygens (including phenoxy) is 1. The second-order valence-corrected chi connectivity index (χ2v) is 4.47. The van der Waals surface area contributed by atoms with Crippen molar-refractivity contribution < 1.29 is 4.74 Å². The Balaban J connectivity index is 1.98. The molecular formula is C14H14N6O. The minimum atomic E-state index is 0.297. The summed E-state index contributed by atoms with van der Waals surface area (Å²) in [5, 5.41) is 12.5. The number of hydrogen-bond donors (Lipinski definition) is 1. The number of methoxy groups -OCH3 is 1. The van der Waals surface area contributed by atoms with Crippen LogP contribution >= 0.6 is 0 Å². The summed E-state index contributed by atoms with van der Waals surface area (Å²) >= 11 is 0. The van der Waals surface area contributed by atoms with Crippen molar-refractivity contribution in [3.8, 4) is 5.75 Å². The maximum atomic E-state index is 5.87. The lowest BCUT2D eigenvalue weighted by atomic mass is 10.3. The zero-order valence-corrected chi connectivity index (χ0v) is 11.7. The fraction of sp³-hybridized carbons (Fsp3) is 0.143. The van der Waals surface area contributed by atoms with Gasteiger partial charge < -0.3 is 10.5 Å². The molecule has 0 aliphatic heterocycles. The van der Waals surface area contributed by atoms with E-state index in [1.807, 2.05) is 37.3 Å². The number of azo groups is 1. The summed E-state index contributed by atoms with van der Waals surface area (Å²) in [6, 6.07) is 9.10. The first kappa shape index (κ1) is 13.0. The van der Waals surface area contributed by atoms with E-state index in [1.165, 1.54) is 0 Å². The van der Waals surface area contributed by atoms with E-state index < -0.39 is 0 Å². The van der Waals surface area contributed by atoms with Crippen molar-refractivity contribution in [1.82, 2.24) is 14.6 Å². The number of hydrogen-bond acceptors (Lipinski definition) is 6. The van der Waals surface area contributed by atoms with Gasteiger partial charge >= 0.3 is 0 Å². The molecule has 0 amide bonds. The molecule has 0 aliphatic carbocycles. The fourth-order valence-corrected chi connectivity index (χ4v) is 1.88. The maximum absolute atomic E-state index is 5.87. The maximum Gasteiger partial charge on any atom is 0.185 e. The standard InChI is InChI=1S/C14H14N6O/c1-9-7-8-20-14(16-9)12(13(15)19-20)18-17-10-3-5-11(21-2)6-4-10/h3-8H,1-2H3,(H2,15,19). The van der Waals surface area contributed by atoms with Gasteiger partial charge in [0.15, 0.2) is 17.2 Å². The number of aromatic nitrogens is 3. The fourth-order valence-electron chi connectivity index (χ4n) is 1.88. The highest BCUT2D eigenvalue weighted by Gasteiger charge is 2.11. The van der Waals surface area contributed by atoms with Crippen molar-refractivity contribution in [2.75, 3.05) is 12.8 Å². The molecule has 0 spiro atoms. The zero-order valence-electron chi connectivity index (χ0n) is 11.7. The average molecular weight is 282 g/mol. The Labute approximate surface area is 121 Å². The van der Waals surface area contributed by atoms with E-state index in [0.29, 0.717) is 22.8 Å². The number of aryl methyl sites for hydroxylation is 1. The highest BCUT2D eigenvalue weighted by molar-refractivity contribution is 5.75. The van der Waals surface area contributed by atoms with Gasteiger partial charge in [0.25, 0.3) is 0 Å². The lowest BCUT2D eigenvalue weighted by Crippen LogP contribution is -1.91. The molecule has 1 aromatic carbocycles. The third-order valence-electron chi connectivity index (χ3n) is 2.96. The van der Waals surface area contributed by atoms with Crippen LogP contribution in [0.15, 0.2) is 46.8 Å². The Bertz CT molecular complexity index is 806. The largest absolute Gasteiger partial charge is 0.497 e. The first-order chi connectivity index (χ1) is 10.2. The van der Waals surface area contributed by atoms with Crippen molar-refractivity contribution in [2.45, 2.75) is 6.92 Å².